The number of amides is 1. The first-order chi connectivity index (χ1) is 15.3. The minimum absolute atomic E-state index is 0.231. The van der Waals surface area contributed by atoms with Gasteiger partial charge in [-0.3, -0.25) is 14.8 Å². The van der Waals surface area contributed by atoms with E-state index in [9.17, 15) is 13.2 Å². The van der Waals surface area contributed by atoms with Crippen molar-refractivity contribution in [1.29, 1.82) is 0 Å². The van der Waals surface area contributed by atoms with Gasteiger partial charge in [0.25, 0.3) is 15.9 Å². The van der Waals surface area contributed by atoms with Crippen molar-refractivity contribution in [2.24, 2.45) is 0 Å². The van der Waals surface area contributed by atoms with Gasteiger partial charge in [-0.1, -0.05) is 12.1 Å². The molecule has 2 heterocycles. The van der Waals surface area contributed by atoms with Gasteiger partial charge in [-0.05, 0) is 74.6 Å². The molecule has 168 valence electrons. The topological polar surface area (TPSA) is 120 Å². The zero-order valence-corrected chi connectivity index (χ0v) is 18.9. The third-order valence-corrected chi connectivity index (χ3v) is 6.90. The molecule has 3 N–H and O–H groups in total. The van der Waals surface area contributed by atoms with Gasteiger partial charge >= 0.3 is 0 Å². The first-order valence-electron chi connectivity index (χ1n) is 10.5. The van der Waals surface area contributed by atoms with Crippen LogP contribution < -0.4 is 14.9 Å². The van der Waals surface area contributed by atoms with Crippen molar-refractivity contribution < 1.29 is 13.2 Å². The van der Waals surface area contributed by atoms with Crippen molar-refractivity contribution in [3.8, 4) is 0 Å². The molecule has 32 heavy (non-hydrogen) atoms. The Morgan fingerprint density at radius 2 is 1.75 bits per heavy atom. The zero-order chi connectivity index (χ0) is 22.7. The van der Waals surface area contributed by atoms with Crippen LogP contribution in [0.3, 0.4) is 0 Å². The molecular formula is C22H26N6O3S. The van der Waals surface area contributed by atoms with Crippen molar-refractivity contribution in [2.75, 3.05) is 28.0 Å². The van der Waals surface area contributed by atoms with E-state index in [1.807, 2.05) is 13.0 Å². The fraction of sp³-hybridized carbons (Fsp3) is 0.318. The third kappa shape index (κ3) is 4.91. The minimum atomic E-state index is -3.73. The van der Waals surface area contributed by atoms with Crippen molar-refractivity contribution >= 4 is 33.5 Å². The predicted molar refractivity (Wildman–Crippen MR) is 124 cm³/mol. The van der Waals surface area contributed by atoms with E-state index < -0.39 is 10.0 Å². The van der Waals surface area contributed by atoms with Crippen LogP contribution in [0.25, 0.3) is 0 Å². The average Bonchev–Trinajstić information content (AvgIpc) is 3.24. The maximum atomic E-state index is 12.8. The number of H-pyrrole nitrogens is 1. The Hall–Kier alpha value is -3.40. The zero-order valence-electron chi connectivity index (χ0n) is 18.1. The SMILES string of the molecule is Cc1ccc(C)c(S(=O)(=O)Nc2ccc(C(=O)Nc3nc(N4CCCCC4)n[nH]3)cc2)c1. The van der Waals surface area contributed by atoms with Gasteiger partial charge in [0.2, 0.25) is 11.9 Å². The molecule has 1 fully saturated rings. The lowest BCUT2D eigenvalue weighted by atomic mass is 10.1. The van der Waals surface area contributed by atoms with Crippen LogP contribution in [-0.2, 0) is 10.0 Å². The average molecular weight is 455 g/mol. The summed E-state index contributed by atoms with van der Waals surface area (Å²) in [4.78, 5) is 19.2. The van der Waals surface area contributed by atoms with Gasteiger partial charge in [-0.2, -0.15) is 4.98 Å². The third-order valence-electron chi connectivity index (χ3n) is 5.38. The van der Waals surface area contributed by atoms with Crippen LogP contribution in [0.15, 0.2) is 47.4 Å². The summed E-state index contributed by atoms with van der Waals surface area (Å²) in [5, 5.41) is 9.62. The molecule has 0 unspecified atom stereocenters. The van der Waals surface area contributed by atoms with Gasteiger partial charge in [0.05, 0.1) is 4.90 Å². The van der Waals surface area contributed by atoms with E-state index in [-0.39, 0.29) is 16.8 Å². The highest BCUT2D eigenvalue weighted by atomic mass is 32.2. The van der Waals surface area contributed by atoms with Gasteiger partial charge in [0, 0.05) is 24.3 Å². The summed E-state index contributed by atoms with van der Waals surface area (Å²) in [6.07, 6.45) is 3.42. The molecule has 1 amide bonds. The number of hydrogen-bond donors (Lipinski definition) is 3. The van der Waals surface area contributed by atoms with Crippen LogP contribution in [0.1, 0.15) is 40.7 Å². The molecule has 0 aliphatic carbocycles. The number of nitrogens with zero attached hydrogens (tertiary/aromatic N) is 3. The Bertz CT molecular complexity index is 1210. The van der Waals surface area contributed by atoms with E-state index in [1.165, 1.54) is 6.42 Å². The lowest BCUT2D eigenvalue weighted by Crippen LogP contribution is -2.30. The highest BCUT2D eigenvalue weighted by Gasteiger charge is 2.19. The van der Waals surface area contributed by atoms with Crippen molar-refractivity contribution in [3.63, 3.8) is 0 Å². The summed E-state index contributed by atoms with van der Waals surface area (Å²) >= 11 is 0. The van der Waals surface area contributed by atoms with Crippen LogP contribution >= 0.6 is 0 Å². The monoisotopic (exact) mass is 454 g/mol. The fourth-order valence-corrected chi connectivity index (χ4v) is 5.01. The summed E-state index contributed by atoms with van der Waals surface area (Å²) in [5.74, 6) is 0.488. The maximum absolute atomic E-state index is 12.8. The number of anilines is 3. The van der Waals surface area contributed by atoms with Crippen molar-refractivity contribution in [1.82, 2.24) is 15.2 Å². The lowest BCUT2D eigenvalue weighted by Gasteiger charge is -2.24. The van der Waals surface area contributed by atoms with Crippen LogP contribution in [-0.4, -0.2) is 42.6 Å². The van der Waals surface area contributed by atoms with Crippen LogP contribution in [0.4, 0.5) is 17.6 Å². The largest absolute Gasteiger partial charge is 0.340 e. The molecule has 9 nitrogen and oxygen atoms in total. The van der Waals surface area contributed by atoms with E-state index in [1.54, 1.807) is 43.3 Å². The van der Waals surface area contributed by atoms with E-state index in [2.05, 4.69) is 30.1 Å². The van der Waals surface area contributed by atoms with E-state index in [0.29, 0.717) is 22.8 Å². The number of nitrogens with one attached hydrogen (secondary N) is 3. The Kier molecular flexibility index (Phi) is 6.13. The Morgan fingerprint density at radius 3 is 2.47 bits per heavy atom. The second kappa shape index (κ2) is 8.99. The Labute approximate surface area is 187 Å². The van der Waals surface area contributed by atoms with Gasteiger partial charge < -0.3 is 4.90 Å². The molecule has 0 bridgehead atoms. The number of aromatic amines is 1. The summed E-state index contributed by atoms with van der Waals surface area (Å²) in [6.45, 7) is 5.41. The number of aryl methyl sites for hydroxylation is 2. The van der Waals surface area contributed by atoms with Gasteiger partial charge in [-0.25, -0.2) is 13.5 Å². The lowest BCUT2D eigenvalue weighted by molar-refractivity contribution is 0.102. The summed E-state index contributed by atoms with van der Waals surface area (Å²) in [6, 6.07) is 11.5. The highest BCUT2D eigenvalue weighted by molar-refractivity contribution is 7.92. The van der Waals surface area contributed by atoms with Gasteiger partial charge in [0.15, 0.2) is 0 Å². The molecule has 1 aromatic heterocycles. The first-order valence-corrected chi connectivity index (χ1v) is 12.0. The highest BCUT2D eigenvalue weighted by Crippen LogP contribution is 2.21. The van der Waals surface area contributed by atoms with Crippen LogP contribution in [0, 0.1) is 13.8 Å². The predicted octanol–water partition coefficient (Wildman–Crippen LogP) is 3.46. The normalized spacial score (nSPS) is 14.2. The number of carbonyl (C=O) groups excluding carboxylic acids is 1. The number of rotatable bonds is 6. The van der Waals surface area contributed by atoms with E-state index in [0.717, 1.165) is 31.5 Å². The van der Waals surface area contributed by atoms with Crippen molar-refractivity contribution in [2.45, 2.75) is 38.0 Å². The molecule has 10 heteroatoms. The Balaban J connectivity index is 1.41. The molecule has 2 aromatic carbocycles. The summed E-state index contributed by atoms with van der Waals surface area (Å²) in [5.41, 5.74) is 2.26. The van der Waals surface area contributed by atoms with Gasteiger partial charge in [-0.15, -0.1) is 5.10 Å². The quantitative estimate of drug-likeness (QED) is 0.525. The second-order valence-electron chi connectivity index (χ2n) is 7.94. The summed E-state index contributed by atoms with van der Waals surface area (Å²) in [7, 11) is -3.73. The number of aromatic nitrogens is 3. The van der Waals surface area contributed by atoms with Gasteiger partial charge in [0.1, 0.15) is 0 Å². The molecule has 0 spiro atoms. The number of sulfonamides is 1. The maximum Gasteiger partial charge on any atom is 0.262 e. The number of hydrogen-bond acceptors (Lipinski definition) is 6. The molecule has 1 saturated heterocycles. The molecule has 1 aliphatic heterocycles. The molecule has 0 saturated carbocycles. The molecule has 3 aromatic rings. The number of piperidine rings is 1. The van der Waals surface area contributed by atoms with Crippen molar-refractivity contribution in [3.05, 3.63) is 59.2 Å². The molecule has 0 radical (unpaired) electrons. The fourth-order valence-electron chi connectivity index (χ4n) is 3.62. The standard InChI is InChI=1S/C22H26N6O3S/c1-15-6-7-16(2)19(14-15)32(30,31)27-18-10-8-17(9-11-18)20(29)23-21-24-22(26-25-21)28-12-4-3-5-13-28/h6-11,14,27H,3-5,12-13H2,1-2H3,(H2,23,24,25,26,29). The number of benzene rings is 2. The van der Waals surface area contributed by atoms with E-state index >= 15 is 0 Å². The molecule has 4 rings (SSSR count). The van der Waals surface area contributed by atoms with Crippen LogP contribution in [0.5, 0.6) is 0 Å². The smallest absolute Gasteiger partial charge is 0.262 e. The first kappa shape index (κ1) is 21.8. The molecule has 0 atom stereocenters. The minimum Gasteiger partial charge on any atom is -0.340 e. The molecule has 1 aliphatic rings. The van der Waals surface area contributed by atoms with E-state index in [4.69, 9.17) is 0 Å². The summed E-state index contributed by atoms with van der Waals surface area (Å²) < 4.78 is 28.1. The molecular weight excluding hydrogens is 428 g/mol. The second-order valence-corrected chi connectivity index (χ2v) is 9.59. The Morgan fingerprint density at radius 1 is 1.03 bits per heavy atom. The van der Waals surface area contributed by atoms with Crippen LogP contribution in [0.2, 0.25) is 0 Å². The number of carbonyl (C=O) groups is 1.